The molecule has 0 amide bonds. The van der Waals surface area contributed by atoms with Gasteiger partial charge in [0.1, 0.15) is 0 Å². The predicted octanol–water partition coefficient (Wildman–Crippen LogP) is 17.8. The van der Waals surface area contributed by atoms with Crippen LogP contribution in [0.1, 0.15) is 111 Å². The number of hydrogen-bond acceptors (Lipinski definition) is 3. The Morgan fingerprint density at radius 3 is 1.66 bits per heavy atom. The van der Waals surface area contributed by atoms with Crippen LogP contribution in [0, 0.1) is 13.8 Å². The van der Waals surface area contributed by atoms with E-state index in [2.05, 4.69) is 284 Å². The van der Waals surface area contributed by atoms with Crippen LogP contribution in [0.4, 0.5) is 34.1 Å². The Bertz CT molecular complexity index is 3970. The summed E-state index contributed by atoms with van der Waals surface area (Å²) in [6.07, 6.45) is 0. The van der Waals surface area contributed by atoms with Gasteiger partial charge in [-0.2, -0.15) is 0 Å². The van der Waals surface area contributed by atoms with E-state index < -0.39 is 5.41 Å². The topological polar surface area (TPSA) is 6.48 Å². The average Bonchev–Trinajstić information content (AvgIpc) is 4.24. The van der Waals surface area contributed by atoms with Gasteiger partial charge in [0.25, 0.3) is 6.71 Å². The summed E-state index contributed by atoms with van der Waals surface area (Å²) in [5.41, 5.74) is 30.6. The SMILES string of the molecule is Cc1cc2c3c(c1)N(c1ccc(C(C)(C)C)cc1)c1c(sc4c1-c1ccc(C)cc1C41c4ccccc4-c4ccccc41)B3c1ccc(-c3cc(C(C)C)ccc3-c3ccccc3)cc1N2c1ccc(C(C)(C)C)cc1. The van der Waals surface area contributed by atoms with Gasteiger partial charge in [0.15, 0.2) is 0 Å². The van der Waals surface area contributed by atoms with Crippen LogP contribution < -0.4 is 25.5 Å². The third kappa shape index (κ3) is 6.72. The molecule has 0 atom stereocenters. The van der Waals surface area contributed by atoms with Crippen LogP contribution in [0.25, 0.3) is 44.5 Å². The van der Waals surface area contributed by atoms with E-state index in [1.165, 1.54) is 144 Å². The van der Waals surface area contributed by atoms with Crippen LogP contribution in [-0.4, -0.2) is 6.71 Å². The van der Waals surface area contributed by atoms with Crippen LogP contribution in [0.2, 0.25) is 0 Å². The molecule has 4 aliphatic rings. The van der Waals surface area contributed by atoms with Crippen LogP contribution in [-0.2, 0) is 16.2 Å². The maximum Gasteiger partial charge on any atom is 0.264 e. The Hall–Kier alpha value is -7.66. The lowest BCUT2D eigenvalue weighted by atomic mass is 9.36. The van der Waals surface area contributed by atoms with Crippen molar-refractivity contribution < 1.29 is 0 Å². The fourth-order valence-electron chi connectivity index (χ4n) is 13.5. The highest BCUT2D eigenvalue weighted by Gasteiger charge is 2.57. The first-order valence-electron chi connectivity index (χ1n) is 27.4. The maximum atomic E-state index is 2.68. The van der Waals surface area contributed by atoms with Gasteiger partial charge in [-0.05, 0) is 162 Å². The molecule has 0 saturated heterocycles. The molecule has 1 aromatic heterocycles. The number of thiophene rings is 1. The van der Waals surface area contributed by atoms with Gasteiger partial charge in [0, 0.05) is 43.7 Å². The Morgan fingerprint density at radius 2 is 1.04 bits per heavy atom. The molecule has 1 spiro atoms. The quantitative estimate of drug-likeness (QED) is 0.159. The smallest absolute Gasteiger partial charge is 0.264 e. The monoisotopic (exact) mass is 998 g/mol. The van der Waals surface area contributed by atoms with Gasteiger partial charge in [-0.1, -0.05) is 213 Å². The number of nitrogens with zero attached hydrogens (tertiary/aromatic N) is 2. The molecule has 2 aliphatic heterocycles. The summed E-state index contributed by atoms with van der Waals surface area (Å²) in [6.45, 7) is 23.0. The number of rotatable bonds is 5. The van der Waals surface area contributed by atoms with Crippen molar-refractivity contribution in [1.82, 2.24) is 0 Å². The third-order valence-electron chi connectivity index (χ3n) is 17.3. The standard InChI is InChI=1S/C72H63BN2S/c1-43(2)47-25-36-53(46-18-12-11-13-19-46)57(41-47)48-26-37-61-62(42-48)74(51-31-27-49(28-32-51)70(5,6)7)63-39-45(4)40-64-66(63)73(61)69-67(75(64)52-33-29-50(30-34-52)71(8,9)10)65-56-35-24-44(3)38-60(56)72(68(65)76-69)58-22-16-14-20-54(58)55-21-15-17-23-59(55)72/h11-43H,1-10H3. The largest absolute Gasteiger partial charge is 0.311 e. The highest BCUT2D eigenvalue weighted by atomic mass is 32.1. The van der Waals surface area contributed by atoms with Crippen molar-refractivity contribution in [2.75, 3.05) is 9.80 Å². The Kier molecular flexibility index (Phi) is 10.3. The summed E-state index contributed by atoms with van der Waals surface area (Å²) < 4.78 is 1.40. The molecule has 0 fully saturated rings. The second kappa shape index (κ2) is 16.7. The van der Waals surface area contributed by atoms with Gasteiger partial charge in [-0.3, -0.25) is 0 Å². The maximum absolute atomic E-state index is 2.68. The number of anilines is 6. The van der Waals surface area contributed by atoms with E-state index >= 15 is 0 Å². The fraction of sp³-hybridized carbons (Fsp3) is 0.194. The van der Waals surface area contributed by atoms with Gasteiger partial charge in [0.2, 0.25) is 0 Å². The molecule has 0 radical (unpaired) electrons. The number of benzene rings is 9. The average molecular weight is 999 g/mol. The molecule has 14 rings (SSSR count). The Labute approximate surface area is 454 Å². The molecule has 0 saturated carbocycles. The first-order valence-corrected chi connectivity index (χ1v) is 28.2. The molecule has 0 N–H and O–H groups in total. The molecule has 2 aliphatic carbocycles. The Balaban J connectivity index is 1.10. The second-order valence-electron chi connectivity index (χ2n) is 24.4. The Morgan fingerprint density at radius 1 is 0.461 bits per heavy atom. The van der Waals surface area contributed by atoms with Crippen molar-refractivity contribution >= 4 is 67.9 Å². The summed E-state index contributed by atoms with van der Waals surface area (Å²) in [6, 6.07) is 75.3. The molecule has 2 nitrogen and oxygen atoms in total. The van der Waals surface area contributed by atoms with Crippen molar-refractivity contribution in [3.63, 3.8) is 0 Å². The first kappa shape index (κ1) is 46.8. The summed E-state index contributed by atoms with van der Waals surface area (Å²) in [5, 5.41) is 0. The zero-order valence-corrected chi connectivity index (χ0v) is 46.2. The van der Waals surface area contributed by atoms with E-state index in [4.69, 9.17) is 0 Å². The molecule has 76 heavy (non-hydrogen) atoms. The van der Waals surface area contributed by atoms with E-state index in [9.17, 15) is 0 Å². The third-order valence-corrected chi connectivity index (χ3v) is 18.6. The highest BCUT2D eigenvalue weighted by Crippen LogP contribution is 2.67. The van der Waals surface area contributed by atoms with Crippen LogP contribution in [0.5, 0.6) is 0 Å². The van der Waals surface area contributed by atoms with Crippen LogP contribution in [0.15, 0.2) is 194 Å². The molecule has 10 aromatic rings. The summed E-state index contributed by atoms with van der Waals surface area (Å²) >= 11 is 2.07. The highest BCUT2D eigenvalue weighted by molar-refractivity contribution is 7.30. The molecule has 0 unspecified atom stereocenters. The van der Waals surface area contributed by atoms with E-state index in [1.807, 2.05) is 0 Å². The molecular formula is C72H63BN2S. The number of aryl methyl sites for hydroxylation is 2. The van der Waals surface area contributed by atoms with E-state index in [-0.39, 0.29) is 17.5 Å². The van der Waals surface area contributed by atoms with E-state index in [0.717, 1.165) is 0 Å². The molecular weight excluding hydrogens is 936 g/mol. The minimum Gasteiger partial charge on any atom is -0.311 e. The molecule has 3 heterocycles. The van der Waals surface area contributed by atoms with Gasteiger partial charge >= 0.3 is 0 Å². The zero-order chi connectivity index (χ0) is 52.2. The van der Waals surface area contributed by atoms with Crippen molar-refractivity contribution in [3.8, 4) is 44.5 Å². The van der Waals surface area contributed by atoms with Gasteiger partial charge in [-0.25, -0.2) is 0 Å². The van der Waals surface area contributed by atoms with Crippen LogP contribution in [0.3, 0.4) is 0 Å². The summed E-state index contributed by atoms with van der Waals surface area (Å²) in [7, 11) is 0. The van der Waals surface area contributed by atoms with Crippen LogP contribution >= 0.6 is 11.3 Å². The van der Waals surface area contributed by atoms with Gasteiger partial charge < -0.3 is 9.80 Å². The van der Waals surface area contributed by atoms with Crippen molar-refractivity contribution in [1.29, 1.82) is 0 Å². The van der Waals surface area contributed by atoms with Gasteiger partial charge in [0.05, 0.1) is 11.1 Å². The summed E-state index contributed by atoms with van der Waals surface area (Å²) in [5.74, 6) is 0.387. The molecule has 4 heteroatoms. The number of fused-ring (bicyclic) bond motifs is 15. The summed E-state index contributed by atoms with van der Waals surface area (Å²) in [4.78, 5) is 6.71. The lowest BCUT2D eigenvalue weighted by Gasteiger charge is -2.44. The molecule has 0 bridgehead atoms. The van der Waals surface area contributed by atoms with Crippen molar-refractivity contribution in [2.45, 2.75) is 91.4 Å². The lowest BCUT2D eigenvalue weighted by Crippen LogP contribution is -2.60. The normalized spacial score (nSPS) is 14.3. The molecule has 9 aromatic carbocycles. The van der Waals surface area contributed by atoms with E-state index in [1.54, 1.807) is 0 Å². The first-order chi connectivity index (χ1) is 36.6. The number of hydrogen-bond donors (Lipinski definition) is 0. The van der Waals surface area contributed by atoms with Gasteiger partial charge in [-0.15, -0.1) is 11.3 Å². The molecule has 370 valence electrons. The second-order valence-corrected chi connectivity index (χ2v) is 25.5. The lowest BCUT2D eigenvalue weighted by molar-refractivity contribution is 0.590. The predicted molar refractivity (Wildman–Crippen MR) is 326 cm³/mol. The minimum absolute atomic E-state index is 0.0127. The van der Waals surface area contributed by atoms with Crippen molar-refractivity contribution in [2.24, 2.45) is 0 Å². The van der Waals surface area contributed by atoms with E-state index in [0.29, 0.717) is 5.92 Å². The zero-order valence-electron chi connectivity index (χ0n) is 45.4. The fourth-order valence-corrected chi connectivity index (χ4v) is 15.2. The van der Waals surface area contributed by atoms with Crippen molar-refractivity contribution in [3.05, 3.63) is 244 Å². The minimum atomic E-state index is -0.476.